The number of H-pyrrole nitrogens is 1. The van der Waals surface area contributed by atoms with E-state index in [2.05, 4.69) is 4.98 Å². The molecular weight excluding hydrogens is 288 g/mol. The SMILES string of the molecule is Cc1ccc(F)c(NS(=O)(=O)c2c[nH]c(CN)c2)c1F. The number of sulfonamides is 1. The number of nitrogens with one attached hydrogen (secondary N) is 2. The minimum Gasteiger partial charge on any atom is -0.363 e. The van der Waals surface area contributed by atoms with Crippen LogP contribution in [-0.2, 0) is 16.6 Å². The second kappa shape index (κ2) is 5.22. The quantitative estimate of drug-likeness (QED) is 0.805. The molecule has 2 aromatic rings. The van der Waals surface area contributed by atoms with E-state index in [1.807, 2.05) is 4.72 Å². The first-order valence-corrected chi connectivity index (χ1v) is 7.18. The van der Waals surface area contributed by atoms with Gasteiger partial charge in [-0.1, -0.05) is 6.07 Å². The molecule has 0 amide bonds. The first-order valence-electron chi connectivity index (χ1n) is 5.70. The first kappa shape index (κ1) is 14.5. The van der Waals surface area contributed by atoms with Crippen molar-refractivity contribution in [1.82, 2.24) is 4.98 Å². The average Bonchev–Trinajstić information content (AvgIpc) is 2.89. The van der Waals surface area contributed by atoms with E-state index >= 15 is 0 Å². The zero-order valence-electron chi connectivity index (χ0n) is 10.6. The fraction of sp³-hybridized carbons (Fsp3) is 0.167. The molecule has 0 aliphatic carbocycles. The van der Waals surface area contributed by atoms with Crippen LogP contribution in [0.1, 0.15) is 11.3 Å². The molecule has 1 aromatic heterocycles. The van der Waals surface area contributed by atoms with Gasteiger partial charge in [-0.05, 0) is 24.6 Å². The van der Waals surface area contributed by atoms with Gasteiger partial charge in [0.1, 0.15) is 16.4 Å². The van der Waals surface area contributed by atoms with Crippen molar-refractivity contribution in [2.75, 3.05) is 4.72 Å². The fourth-order valence-electron chi connectivity index (χ4n) is 1.64. The highest BCUT2D eigenvalue weighted by molar-refractivity contribution is 7.92. The summed E-state index contributed by atoms with van der Waals surface area (Å²) in [4.78, 5) is 2.52. The molecule has 0 saturated carbocycles. The number of aryl methyl sites for hydroxylation is 1. The van der Waals surface area contributed by atoms with E-state index in [9.17, 15) is 17.2 Å². The van der Waals surface area contributed by atoms with Crippen LogP contribution >= 0.6 is 0 Å². The number of anilines is 1. The molecule has 0 atom stereocenters. The predicted molar refractivity (Wildman–Crippen MR) is 70.6 cm³/mol. The molecule has 0 saturated heterocycles. The van der Waals surface area contributed by atoms with Crippen LogP contribution in [0.4, 0.5) is 14.5 Å². The second-order valence-corrected chi connectivity index (χ2v) is 5.91. The molecule has 0 aliphatic rings. The molecule has 0 fully saturated rings. The van der Waals surface area contributed by atoms with Crippen LogP contribution in [0.3, 0.4) is 0 Å². The van der Waals surface area contributed by atoms with Crippen molar-refractivity contribution in [3.8, 4) is 0 Å². The minimum atomic E-state index is -4.08. The molecule has 2 rings (SSSR count). The summed E-state index contributed by atoms with van der Waals surface area (Å²) in [6.45, 7) is 1.54. The third kappa shape index (κ3) is 2.66. The number of aromatic amines is 1. The number of halogens is 2. The van der Waals surface area contributed by atoms with Crippen LogP contribution in [0, 0.1) is 18.6 Å². The Balaban J connectivity index is 2.41. The molecule has 0 aliphatic heterocycles. The van der Waals surface area contributed by atoms with Gasteiger partial charge in [0, 0.05) is 18.4 Å². The van der Waals surface area contributed by atoms with Gasteiger partial charge in [-0.15, -0.1) is 0 Å². The summed E-state index contributed by atoms with van der Waals surface area (Å²) in [5, 5.41) is 0. The third-order valence-electron chi connectivity index (χ3n) is 2.77. The number of rotatable bonds is 4. The fourth-order valence-corrected chi connectivity index (χ4v) is 2.72. The van der Waals surface area contributed by atoms with Crippen molar-refractivity contribution in [1.29, 1.82) is 0 Å². The zero-order valence-corrected chi connectivity index (χ0v) is 11.4. The van der Waals surface area contributed by atoms with Crippen molar-refractivity contribution < 1.29 is 17.2 Å². The van der Waals surface area contributed by atoms with Crippen LogP contribution in [-0.4, -0.2) is 13.4 Å². The first-order chi connectivity index (χ1) is 9.35. The smallest absolute Gasteiger partial charge is 0.263 e. The van der Waals surface area contributed by atoms with E-state index in [0.29, 0.717) is 5.69 Å². The standard InChI is InChI=1S/C12H13F2N3O2S/c1-7-2-3-10(13)12(11(7)14)17-20(18,19)9-4-8(5-15)16-6-9/h2-4,6,16-17H,5,15H2,1H3. The Morgan fingerprint density at radius 3 is 2.65 bits per heavy atom. The number of benzene rings is 1. The van der Waals surface area contributed by atoms with E-state index in [0.717, 1.165) is 6.07 Å². The van der Waals surface area contributed by atoms with Crippen LogP contribution in [0.25, 0.3) is 0 Å². The van der Waals surface area contributed by atoms with E-state index in [1.54, 1.807) is 0 Å². The largest absolute Gasteiger partial charge is 0.363 e. The normalized spacial score (nSPS) is 11.6. The van der Waals surface area contributed by atoms with Gasteiger partial charge in [-0.2, -0.15) is 0 Å². The Morgan fingerprint density at radius 2 is 2.05 bits per heavy atom. The Labute approximate surface area is 114 Å². The number of aromatic nitrogens is 1. The van der Waals surface area contributed by atoms with Crippen molar-refractivity contribution in [2.24, 2.45) is 5.73 Å². The van der Waals surface area contributed by atoms with Gasteiger partial charge in [0.15, 0.2) is 5.82 Å². The highest BCUT2D eigenvalue weighted by Crippen LogP contribution is 2.24. The van der Waals surface area contributed by atoms with Gasteiger partial charge in [0.25, 0.3) is 10.0 Å². The van der Waals surface area contributed by atoms with Crippen molar-refractivity contribution in [3.63, 3.8) is 0 Å². The maximum absolute atomic E-state index is 13.8. The molecule has 5 nitrogen and oxygen atoms in total. The molecule has 4 N–H and O–H groups in total. The summed E-state index contributed by atoms with van der Waals surface area (Å²) in [6.07, 6.45) is 1.20. The van der Waals surface area contributed by atoms with E-state index < -0.39 is 27.3 Å². The molecule has 20 heavy (non-hydrogen) atoms. The van der Waals surface area contributed by atoms with Crippen LogP contribution in [0.2, 0.25) is 0 Å². The van der Waals surface area contributed by atoms with Gasteiger partial charge in [-0.25, -0.2) is 17.2 Å². The van der Waals surface area contributed by atoms with Gasteiger partial charge in [-0.3, -0.25) is 4.72 Å². The average molecular weight is 301 g/mol. The van der Waals surface area contributed by atoms with Crippen molar-refractivity contribution >= 4 is 15.7 Å². The topological polar surface area (TPSA) is 88.0 Å². The Morgan fingerprint density at radius 1 is 1.35 bits per heavy atom. The van der Waals surface area contributed by atoms with E-state index in [1.165, 1.54) is 25.3 Å². The summed E-state index contributed by atoms with van der Waals surface area (Å²) in [6, 6.07) is 3.53. The van der Waals surface area contributed by atoms with Crippen molar-refractivity contribution in [2.45, 2.75) is 18.4 Å². The lowest BCUT2D eigenvalue weighted by molar-refractivity contribution is 0.579. The van der Waals surface area contributed by atoms with Gasteiger partial charge >= 0.3 is 0 Å². The number of hydrogen-bond donors (Lipinski definition) is 3. The maximum Gasteiger partial charge on any atom is 0.263 e. The lowest BCUT2D eigenvalue weighted by Crippen LogP contribution is -2.15. The minimum absolute atomic E-state index is 0.128. The molecule has 1 aromatic carbocycles. The number of hydrogen-bond acceptors (Lipinski definition) is 3. The highest BCUT2D eigenvalue weighted by atomic mass is 32.2. The lowest BCUT2D eigenvalue weighted by atomic mass is 10.2. The number of nitrogens with two attached hydrogens (primary N) is 1. The van der Waals surface area contributed by atoms with Crippen LogP contribution < -0.4 is 10.5 Å². The molecule has 8 heteroatoms. The summed E-state index contributed by atoms with van der Waals surface area (Å²) in [7, 11) is -4.08. The molecule has 108 valence electrons. The van der Waals surface area contributed by atoms with E-state index in [4.69, 9.17) is 5.73 Å². The summed E-state index contributed by atoms with van der Waals surface area (Å²) >= 11 is 0. The molecule has 0 unspecified atom stereocenters. The molecule has 0 bridgehead atoms. The molecule has 0 spiro atoms. The van der Waals surface area contributed by atoms with Gasteiger partial charge < -0.3 is 10.7 Å². The Bertz CT molecular complexity index is 741. The molecular formula is C12H13F2N3O2S. The van der Waals surface area contributed by atoms with Crippen LogP contribution in [0.15, 0.2) is 29.3 Å². The molecule has 0 radical (unpaired) electrons. The third-order valence-corrected chi connectivity index (χ3v) is 4.10. The maximum atomic E-state index is 13.8. The van der Waals surface area contributed by atoms with Crippen LogP contribution in [0.5, 0.6) is 0 Å². The lowest BCUT2D eigenvalue weighted by Gasteiger charge is -2.10. The Hall–Kier alpha value is -1.93. The summed E-state index contributed by atoms with van der Waals surface area (Å²) in [5.74, 6) is -1.92. The zero-order chi connectivity index (χ0) is 14.9. The van der Waals surface area contributed by atoms with Gasteiger partial charge in [0.2, 0.25) is 0 Å². The molecule has 1 heterocycles. The Kier molecular flexibility index (Phi) is 3.78. The van der Waals surface area contributed by atoms with Gasteiger partial charge in [0.05, 0.1) is 0 Å². The second-order valence-electron chi connectivity index (χ2n) is 4.22. The van der Waals surface area contributed by atoms with E-state index in [-0.39, 0.29) is 17.0 Å². The summed E-state index contributed by atoms with van der Waals surface area (Å²) < 4.78 is 53.3. The summed E-state index contributed by atoms with van der Waals surface area (Å²) in [5.41, 5.74) is 5.30. The predicted octanol–water partition coefficient (Wildman–Crippen LogP) is 1.86. The van der Waals surface area contributed by atoms with Crippen molar-refractivity contribution in [3.05, 3.63) is 47.3 Å². The highest BCUT2D eigenvalue weighted by Gasteiger charge is 2.21. The monoisotopic (exact) mass is 301 g/mol.